The first-order valence-corrected chi connectivity index (χ1v) is 9.11. The Balaban J connectivity index is 0.00000182. The number of anilines is 1. The van der Waals surface area contributed by atoms with Crippen LogP contribution in [0.3, 0.4) is 0 Å². The fraction of sp³-hybridized carbons (Fsp3) is 0.400. The Bertz CT molecular complexity index is 635. The monoisotopic (exact) mass is 432 g/mol. The average Bonchev–Trinajstić information content (AvgIpc) is 2.65. The summed E-state index contributed by atoms with van der Waals surface area (Å²) >= 11 is 5.86. The number of aliphatic hydroxyl groups excluding tert-OH is 1. The van der Waals surface area contributed by atoms with E-state index in [9.17, 15) is 5.11 Å². The molecule has 27 heavy (non-hydrogen) atoms. The molecule has 1 heterocycles. The van der Waals surface area contributed by atoms with Gasteiger partial charge in [0.25, 0.3) is 0 Å². The van der Waals surface area contributed by atoms with Crippen molar-refractivity contribution in [3.05, 3.63) is 65.2 Å². The second kappa shape index (κ2) is 12.4. The molecule has 3 rings (SSSR count). The molecule has 2 aromatic rings. The summed E-state index contributed by atoms with van der Waals surface area (Å²) in [5, 5.41) is 10.9. The van der Waals surface area contributed by atoms with Gasteiger partial charge in [0.2, 0.25) is 0 Å². The van der Waals surface area contributed by atoms with E-state index in [1.807, 2.05) is 30.3 Å². The van der Waals surface area contributed by atoms with Crippen LogP contribution < -0.4 is 4.90 Å². The molecule has 0 spiro atoms. The molecule has 1 fully saturated rings. The van der Waals surface area contributed by atoms with Gasteiger partial charge in [0.1, 0.15) is 0 Å². The van der Waals surface area contributed by atoms with E-state index < -0.39 is 6.10 Å². The molecule has 0 bridgehead atoms. The van der Waals surface area contributed by atoms with Gasteiger partial charge in [-0.15, -0.1) is 24.8 Å². The Morgan fingerprint density at radius 3 is 2.19 bits per heavy atom. The number of nitrogens with zero attached hydrogens (tertiary/aromatic N) is 2. The van der Waals surface area contributed by atoms with E-state index in [1.54, 1.807) is 0 Å². The summed E-state index contributed by atoms with van der Waals surface area (Å²) in [6.45, 7) is 5.40. The van der Waals surface area contributed by atoms with Gasteiger partial charge in [-0.1, -0.05) is 41.9 Å². The number of rotatable bonds is 7. The molecule has 0 aliphatic carbocycles. The molecule has 4 nitrogen and oxygen atoms in total. The number of β-amino-alcohol motifs (C(OH)–C–C–N with tert-alkyl or cyclic N) is 1. The number of benzene rings is 2. The summed E-state index contributed by atoms with van der Waals surface area (Å²) in [4.78, 5) is 4.69. The van der Waals surface area contributed by atoms with Crippen LogP contribution >= 0.6 is 36.4 Å². The molecule has 2 aromatic carbocycles. The predicted molar refractivity (Wildman–Crippen MR) is 117 cm³/mol. The predicted octanol–water partition coefficient (Wildman–Crippen LogP) is 3.88. The van der Waals surface area contributed by atoms with Gasteiger partial charge in [0, 0.05) is 43.4 Å². The standard InChI is InChI=1S/C20H25ClN2O2.2ClH/c21-18-8-6-17(7-9-18)15-25-16-20(24)14-22-10-12-23(13-11-22)19-4-2-1-3-5-19;;/h1-9,20,24H,10-16H2;2*1H. The number of para-hydroxylation sites is 1. The van der Waals surface area contributed by atoms with Crippen molar-refractivity contribution >= 4 is 42.1 Å². The third-order valence-corrected chi connectivity index (χ3v) is 4.71. The van der Waals surface area contributed by atoms with Gasteiger partial charge in [0.05, 0.1) is 19.3 Å². The van der Waals surface area contributed by atoms with Gasteiger partial charge in [-0.05, 0) is 29.8 Å². The number of halogens is 3. The number of hydrogen-bond donors (Lipinski definition) is 1. The third-order valence-electron chi connectivity index (χ3n) is 4.45. The third kappa shape index (κ3) is 7.86. The quantitative estimate of drug-likeness (QED) is 0.719. The van der Waals surface area contributed by atoms with Crippen LogP contribution in [0.25, 0.3) is 0 Å². The van der Waals surface area contributed by atoms with Gasteiger partial charge in [-0.25, -0.2) is 0 Å². The zero-order chi connectivity index (χ0) is 17.5. The molecule has 1 saturated heterocycles. The smallest absolute Gasteiger partial charge is 0.0900 e. The van der Waals surface area contributed by atoms with Gasteiger partial charge in [-0.2, -0.15) is 0 Å². The number of aliphatic hydroxyl groups is 1. The van der Waals surface area contributed by atoms with Crippen molar-refractivity contribution < 1.29 is 9.84 Å². The van der Waals surface area contributed by atoms with E-state index in [0.29, 0.717) is 19.8 Å². The maximum Gasteiger partial charge on any atom is 0.0900 e. The van der Waals surface area contributed by atoms with Crippen LogP contribution in [0.1, 0.15) is 5.56 Å². The van der Waals surface area contributed by atoms with Crippen molar-refractivity contribution in [3.63, 3.8) is 0 Å². The summed E-state index contributed by atoms with van der Waals surface area (Å²) < 4.78 is 5.62. The Labute approximate surface area is 178 Å². The number of ether oxygens (including phenoxy) is 1. The van der Waals surface area contributed by atoms with E-state index >= 15 is 0 Å². The van der Waals surface area contributed by atoms with Gasteiger partial charge in [-0.3, -0.25) is 4.90 Å². The van der Waals surface area contributed by atoms with Crippen LogP contribution in [0.5, 0.6) is 0 Å². The van der Waals surface area contributed by atoms with Crippen LogP contribution in [-0.2, 0) is 11.3 Å². The Kier molecular flexibility index (Phi) is 11.1. The molecule has 1 N–H and O–H groups in total. The largest absolute Gasteiger partial charge is 0.389 e. The molecule has 1 aliphatic heterocycles. The Morgan fingerprint density at radius 1 is 0.926 bits per heavy atom. The van der Waals surface area contributed by atoms with E-state index in [4.69, 9.17) is 16.3 Å². The highest BCUT2D eigenvalue weighted by Crippen LogP contribution is 2.15. The summed E-state index contributed by atoms with van der Waals surface area (Å²) in [5.41, 5.74) is 2.34. The van der Waals surface area contributed by atoms with Gasteiger partial charge < -0.3 is 14.7 Å². The molecule has 1 unspecified atom stereocenters. The lowest BCUT2D eigenvalue weighted by Gasteiger charge is -2.36. The topological polar surface area (TPSA) is 35.9 Å². The van der Waals surface area contributed by atoms with E-state index in [1.165, 1.54) is 5.69 Å². The lowest BCUT2D eigenvalue weighted by atomic mass is 10.2. The van der Waals surface area contributed by atoms with Crippen molar-refractivity contribution in [2.24, 2.45) is 0 Å². The summed E-state index contributed by atoms with van der Waals surface area (Å²) in [7, 11) is 0. The minimum absolute atomic E-state index is 0. The molecule has 0 amide bonds. The zero-order valence-corrected chi connectivity index (χ0v) is 17.6. The maximum atomic E-state index is 10.2. The van der Waals surface area contributed by atoms with Gasteiger partial charge >= 0.3 is 0 Å². The highest BCUT2D eigenvalue weighted by Gasteiger charge is 2.19. The van der Waals surface area contributed by atoms with Crippen molar-refractivity contribution in [2.75, 3.05) is 44.2 Å². The minimum atomic E-state index is -0.462. The SMILES string of the molecule is Cl.Cl.OC(COCc1ccc(Cl)cc1)CN1CCN(c2ccccc2)CC1. The summed E-state index contributed by atoms with van der Waals surface area (Å²) in [6, 6.07) is 18.1. The van der Waals surface area contributed by atoms with Crippen LogP contribution in [0.4, 0.5) is 5.69 Å². The molecular formula is C20H27Cl3N2O2. The first kappa shape index (κ1) is 24.0. The molecule has 0 aromatic heterocycles. The lowest BCUT2D eigenvalue weighted by molar-refractivity contribution is 0.00914. The number of piperazine rings is 1. The second-order valence-corrected chi connectivity index (χ2v) is 6.86. The highest BCUT2D eigenvalue weighted by atomic mass is 35.5. The van der Waals surface area contributed by atoms with Crippen molar-refractivity contribution in [2.45, 2.75) is 12.7 Å². The average molecular weight is 434 g/mol. The maximum absolute atomic E-state index is 10.2. The first-order chi connectivity index (χ1) is 12.2. The fourth-order valence-corrected chi connectivity index (χ4v) is 3.20. The van der Waals surface area contributed by atoms with Crippen LogP contribution in [0.15, 0.2) is 54.6 Å². The molecule has 1 aliphatic rings. The summed E-state index contributed by atoms with van der Waals surface area (Å²) in [5.74, 6) is 0. The molecular weight excluding hydrogens is 407 g/mol. The molecule has 0 saturated carbocycles. The fourth-order valence-electron chi connectivity index (χ4n) is 3.07. The first-order valence-electron chi connectivity index (χ1n) is 8.73. The van der Waals surface area contributed by atoms with Crippen molar-refractivity contribution in [1.29, 1.82) is 0 Å². The van der Waals surface area contributed by atoms with Crippen molar-refractivity contribution in [1.82, 2.24) is 4.90 Å². The summed E-state index contributed by atoms with van der Waals surface area (Å²) in [6.07, 6.45) is -0.462. The van der Waals surface area contributed by atoms with E-state index in [0.717, 1.165) is 36.8 Å². The molecule has 150 valence electrons. The van der Waals surface area contributed by atoms with E-state index in [2.05, 4.69) is 34.1 Å². The zero-order valence-electron chi connectivity index (χ0n) is 15.2. The van der Waals surface area contributed by atoms with Crippen LogP contribution in [0, 0.1) is 0 Å². The van der Waals surface area contributed by atoms with Gasteiger partial charge in [0.15, 0.2) is 0 Å². The van der Waals surface area contributed by atoms with Crippen molar-refractivity contribution in [3.8, 4) is 0 Å². The molecule has 7 heteroatoms. The normalized spacial score (nSPS) is 15.6. The number of hydrogen-bond acceptors (Lipinski definition) is 4. The van der Waals surface area contributed by atoms with E-state index in [-0.39, 0.29) is 24.8 Å². The lowest BCUT2D eigenvalue weighted by Crippen LogP contribution is -2.49. The molecule has 0 radical (unpaired) electrons. The minimum Gasteiger partial charge on any atom is -0.389 e. The highest BCUT2D eigenvalue weighted by molar-refractivity contribution is 6.30. The molecule has 1 atom stereocenters. The van der Waals surface area contributed by atoms with Crippen LogP contribution in [-0.4, -0.2) is 55.4 Å². The Hall–Kier alpha value is -1.01. The second-order valence-electron chi connectivity index (χ2n) is 6.42. The Morgan fingerprint density at radius 2 is 1.56 bits per heavy atom. The van der Waals surface area contributed by atoms with Crippen LogP contribution in [0.2, 0.25) is 5.02 Å².